The van der Waals surface area contributed by atoms with Crippen LogP contribution in [0.5, 0.6) is 0 Å². The first-order valence-electron chi connectivity index (χ1n) is 5.94. The summed E-state index contributed by atoms with van der Waals surface area (Å²) < 4.78 is 0. The summed E-state index contributed by atoms with van der Waals surface area (Å²) in [5, 5.41) is 0.418. The topological polar surface area (TPSA) is 101 Å². The maximum atomic E-state index is 11.5. The number of amides is 4. The van der Waals surface area contributed by atoms with E-state index in [1.54, 1.807) is 6.92 Å². The quantitative estimate of drug-likeness (QED) is 0.371. The van der Waals surface area contributed by atoms with Crippen LogP contribution in [0.25, 0.3) is 0 Å². The van der Waals surface area contributed by atoms with Crippen LogP contribution < -0.4 is 0 Å². The van der Waals surface area contributed by atoms with Crippen molar-refractivity contribution >= 4 is 30.1 Å². The number of hydrogen-bond acceptors (Lipinski definition) is 6. The molecule has 0 atom stereocenters. The van der Waals surface area contributed by atoms with Gasteiger partial charge in [0, 0.05) is 19.4 Å². The Morgan fingerprint density at radius 1 is 1.30 bits per heavy atom. The van der Waals surface area contributed by atoms with Crippen molar-refractivity contribution in [3.63, 3.8) is 0 Å². The molecule has 0 unspecified atom stereocenters. The normalized spacial score (nSPS) is 14.8. The highest BCUT2D eigenvalue weighted by molar-refractivity contribution is 6.01. The Hall–Kier alpha value is -2.51. The van der Waals surface area contributed by atoms with Gasteiger partial charge in [-0.25, -0.2) is 4.79 Å². The number of imide groups is 2. The van der Waals surface area contributed by atoms with Crippen LogP contribution >= 0.6 is 0 Å². The van der Waals surface area contributed by atoms with Gasteiger partial charge in [-0.2, -0.15) is 0 Å². The molecule has 20 heavy (non-hydrogen) atoms. The third-order valence-electron chi connectivity index (χ3n) is 2.48. The molecule has 4 amide bonds. The summed E-state index contributed by atoms with van der Waals surface area (Å²) in [5.74, 6) is -2.60. The molecular weight excluding hydrogens is 268 g/mol. The predicted molar refractivity (Wildman–Crippen MR) is 64.4 cm³/mol. The van der Waals surface area contributed by atoms with E-state index in [1.807, 2.05) is 0 Å². The average Bonchev–Trinajstić information content (AvgIpc) is 2.71. The molecule has 8 nitrogen and oxygen atoms in total. The van der Waals surface area contributed by atoms with E-state index in [4.69, 9.17) is 0 Å². The minimum atomic E-state index is -0.867. The van der Waals surface area contributed by atoms with Gasteiger partial charge >= 0.3 is 5.97 Å². The maximum Gasteiger partial charge on any atom is 0.335 e. The van der Waals surface area contributed by atoms with E-state index in [1.165, 1.54) is 12.2 Å². The Labute approximate surface area is 114 Å². The van der Waals surface area contributed by atoms with E-state index in [9.17, 15) is 24.0 Å². The highest BCUT2D eigenvalue weighted by atomic mass is 16.7. The zero-order valence-electron chi connectivity index (χ0n) is 10.9. The van der Waals surface area contributed by atoms with Crippen LogP contribution in [0.1, 0.15) is 26.2 Å². The van der Waals surface area contributed by atoms with Gasteiger partial charge in [-0.1, -0.05) is 6.08 Å². The lowest BCUT2D eigenvalue weighted by atomic mass is 10.3. The standard InChI is InChI=1S/C12H14N2O6/c1-2-3-9(16)13(8-15)7-6-12(19)20-14-10(17)4-5-11(14)18/h2-3,8H,4-7H2,1H3/b3-2-. The number of rotatable bonds is 6. The molecule has 0 aromatic rings. The van der Waals surface area contributed by atoms with Crippen LogP contribution in [0, 0.1) is 0 Å². The van der Waals surface area contributed by atoms with Gasteiger partial charge in [0.2, 0.25) is 6.41 Å². The molecule has 0 aromatic heterocycles. The van der Waals surface area contributed by atoms with Gasteiger partial charge in [-0.3, -0.25) is 24.1 Å². The summed E-state index contributed by atoms with van der Waals surface area (Å²) in [6.07, 6.45) is 2.63. The minimum absolute atomic E-state index is 0.00631. The number of nitrogens with zero attached hydrogens (tertiary/aromatic N) is 2. The number of carbonyl (C=O) groups is 5. The average molecular weight is 282 g/mol. The fourth-order valence-corrected chi connectivity index (χ4v) is 1.47. The van der Waals surface area contributed by atoms with Crippen LogP contribution in [0.15, 0.2) is 12.2 Å². The lowest BCUT2D eigenvalue weighted by molar-refractivity contribution is -0.197. The molecule has 0 N–H and O–H groups in total. The number of allylic oxidation sites excluding steroid dienone is 1. The van der Waals surface area contributed by atoms with Crippen molar-refractivity contribution < 1.29 is 28.8 Å². The van der Waals surface area contributed by atoms with Gasteiger partial charge in [0.15, 0.2) is 0 Å². The molecule has 0 aliphatic carbocycles. The fraction of sp³-hybridized carbons (Fsp3) is 0.417. The van der Waals surface area contributed by atoms with Crippen LogP contribution in [-0.4, -0.2) is 46.6 Å². The van der Waals surface area contributed by atoms with Crippen LogP contribution in [0.2, 0.25) is 0 Å². The van der Waals surface area contributed by atoms with Crippen molar-refractivity contribution in [3.8, 4) is 0 Å². The largest absolute Gasteiger partial charge is 0.335 e. The van der Waals surface area contributed by atoms with Crippen molar-refractivity contribution in [1.82, 2.24) is 9.96 Å². The molecule has 1 saturated heterocycles. The van der Waals surface area contributed by atoms with Crippen molar-refractivity contribution in [2.45, 2.75) is 26.2 Å². The molecule has 8 heteroatoms. The molecule has 1 aliphatic rings. The van der Waals surface area contributed by atoms with Crippen molar-refractivity contribution in [2.75, 3.05) is 6.54 Å². The monoisotopic (exact) mass is 282 g/mol. The molecule has 0 saturated carbocycles. The zero-order chi connectivity index (χ0) is 15.1. The first kappa shape index (κ1) is 15.5. The van der Waals surface area contributed by atoms with E-state index in [2.05, 4.69) is 4.84 Å². The van der Waals surface area contributed by atoms with Crippen molar-refractivity contribution in [2.24, 2.45) is 0 Å². The first-order valence-corrected chi connectivity index (χ1v) is 5.94. The summed E-state index contributed by atoms with van der Waals surface area (Å²) in [7, 11) is 0. The lowest BCUT2D eigenvalue weighted by Crippen LogP contribution is -2.35. The van der Waals surface area contributed by atoms with Gasteiger partial charge in [0.05, 0.1) is 6.42 Å². The van der Waals surface area contributed by atoms with Crippen LogP contribution in [0.4, 0.5) is 0 Å². The second-order valence-corrected chi connectivity index (χ2v) is 3.93. The van der Waals surface area contributed by atoms with E-state index < -0.39 is 23.7 Å². The fourth-order valence-electron chi connectivity index (χ4n) is 1.47. The number of hydrogen-bond donors (Lipinski definition) is 0. The second kappa shape index (κ2) is 7.17. The summed E-state index contributed by atoms with van der Waals surface area (Å²) in [6, 6.07) is 0. The van der Waals surface area contributed by atoms with Crippen molar-refractivity contribution in [1.29, 1.82) is 0 Å². The zero-order valence-corrected chi connectivity index (χ0v) is 10.9. The van der Waals surface area contributed by atoms with E-state index in [0.29, 0.717) is 11.5 Å². The second-order valence-electron chi connectivity index (χ2n) is 3.93. The molecule has 1 heterocycles. The Kier molecular flexibility index (Phi) is 5.57. The summed E-state index contributed by atoms with van der Waals surface area (Å²) >= 11 is 0. The Morgan fingerprint density at radius 2 is 1.90 bits per heavy atom. The van der Waals surface area contributed by atoms with Gasteiger partial charge in [-0.05, 0) is 13.0 Å². The van der Waals surface area contributed by atoms with Gasteiger partial charge in [-0.15, -0.1) is 5.06 Å². The van der Waals surface area contributed by atoms with Crippen molar-refractivity contribution in [3.05, 3.63) is 12.2 Å². The Bertz CT molecular complexity index is 455. The highest BCUT2D eigenvalue weighted by Gasteiger charge is 2.32. The summed E-state index contributed by atoms with van der Waals surface area (Å²) in [6.45, 7) is 1.42. The lowest BCUT2D eigenvalue weighted by Gasteiger charge is -2.15. The molecule has 1 aliphatic heterocycles. The maximum absolute atomic E-state index is 11.5. The molecule has 0 spiro atoms. The predicted octanol–water partition coefficient (Wildman–Crippen LogP) is -0.455. The Morgan fingerprint density at radius 3 is 2.40 bits per heavy atom. The molecule has 0 aromatic carbocycles. The Balaban J connectivity index is 2.46. The third-order valence-corrected chi connectivity index (χ3v) is 2.48. The third kappa shape index (κ3) is 4.01. The summed E-state index contributed by atoms with van der Waals surface area (Å²) in [5.41, 5.74) is 0. The minimum Gasteiger partial charge on any atom is -0.330 e. The first-order chi connectivity index (χ1) is 9.49. The summed E-state index contributed by atoms with van der Waals surface area (Å²) in [4.78, 5) is 61.3. The van der Waals surface area contributed by atoms with E-state index in [0.717, 1.165) is 4.90 Å². The molecule has 0 bridgehead atoms. The number of carbonyl (C=O) groups excluding carboxylic acids is 5. The molecule has 108 valence electrons. The molecule has 0 radical (unpaired) electrons. The highest BCUT2D eigenvalue weighted by Crippen LogP contribution is 2.12. The van der Waals surface area contributed by atoms with Gasteiger partial charge in [0.25, 0.3) is 17.7 Å². The smallest absolute Gasteiger partial charge is 0.330 e. The van der Waals surface area contributed by atoms with E-state index >= 15 is 0 Å². The van der Waals surface area contributed by atoms with Gasteiger partial charge < -0.3 is 4.84 Å². The SMILES string of the molecule is C/C=C\C(=O)N(C=O)CCC(=O)ON1C(=O)CCC1=O. The number of hydroxylamine groups is 2. The van der Waals surface area contributed by atoms with Crippen LogP contribution in [0.3, 0.4) is 0 Å². The molecule has 1 rings (SSSR count). The van der Waals surface area contributed by atoms with Gasteiger partial charge in [0.1, 0.15) is 0 Å². The molecule has 1 fully saturated rings. The van der Waals surface area contributed by atoms with Crippen LogP contribution in [-0.2, 0) is 28.8 Å². The van der Waals surface area contributed by atoms with E-state index in [-0.39, 0.29) is 25.8 Å². The molecular formula is C12H14N2O6.